The molecule has 5 rings (SSSR count). The molecule has 1 aromatic heterocycles. The lowest BCUT2D eigenvalue weighted by molar-refractivity contribution is 0.349. The predicted octanol–water partition coefficient (Wildman–Crippen LogP) is 3.54. The van der Waals surface area contributed by atoms with E-state index in [1.54, 1.807) is 39.5 Å². The van der Waals surface area contributed by atoms with E-state index in [2.05, 4.69) is 4.99 Å². The summed E-state index contributed by atoms with van der Waals surface area (Å²) < 4.78 is 17.7. The van der Waals surface area contributed by atoms with Gasteiger partial charge in [0.05, 0.1) is 49.4 Å². The number of benzene rings is 3. The fraction of sp³-hybridized carbons (Fsp3) is 0.179. The number of aryl methyl sites for hydroxylation is 1. The number of aliphatic imine (C=N–C) groups is 1. The number of rotatable bonds is 7. The molecule has 1 aliphatic heterocycles. The number of aromatic nitrogens is 1. The monoisotopic (exact) mass is 515 g/mol. The van der Waals surface area contributed by atoms with Crippen molar-refractivity contribution < 1.29 is 19.3 Å². The van der Waals surface area contributed by atoms with Crippen LogP contribution in [-0.2, 0) is 6.54 Å². The number of amidine groups is 1. The van der Waals surface area contributed by atoms with E-state index in [4.69, 9.17) is 19.2 Å². The number of methoxy groups -OCH3 is 3. The molecule has 3 aromatic carbocycles. The van der Waals surface area contributed by atoms with Crippen molar-refractivity contribution in [1.29, 1.82) is 0 Å². The number of thiazole rings is 1. The molecule has 0 bridgehead atoms. The Morgan fingerprint density at radius 2 is 1.70 bits per heavy atom. The zero-order valence-corrected chi connectivity index (χ0v) is 21.6. The third-order valence-electron chi connectivity index (χ3n) is 6.01. The van der Waals surface area contributed by atoms with Gasteiger partial charge < -0.3 is 19.3 Å². The second kappa shape index (κ2) is 9.94. The van der Waals surface area contributed by atoms with Gasteiger partial charge in [0.25, 0.3) is 0 Å². The molecule has 0 saturated heterocycles. The molecule has 1 N–H and O–H groups in total. The van der Waals surface area contributed by atoms with Crippen molar-refractivity contribution in [2.45, 2.75) is 13.5 Å². The molecular formula is C28H25N3O5S. The predicted molar refractivity (Wildman–Crippen MR) is 144 cm³/mol. The van der Waals surface area contributed by atoms with Gasteiger partial charge in [-0.3, -0.25) is 9.36 Å². The number of nitrogens with zero attached hydrogens (tertiary/aromatic N) is 3. The van der Waals surface area contributed by atoms with Crippen LogP contribution < -0.4 is 29.7 Å². The lowest BCUT2D eigenvalue weighted by Crippen LogP contribution is -2.13. The van der Waals surface area contributed by atoms with Crippen LogP contribution in [0.1, 0.15) is 21.6 Å². The van der Waals surface area contributed by atoms with Crippen LogP contribution in [0.2, 0.25) is 0 Å². The van der Waals surface area contributed by atoms with Crippen LogP contribution in [0.5, 0.6) is 23.1 Å². The molecule has 2 heterocycles. The Morgan fingerprint density at radius 1 is 0.946 bits per heavy atom. The van der Waals surface area contributed by atoms with Crippen molar-refractivity contribution in [3.05, 3.63) is 96.4 Å². The van der Waals surface area contributed by atoms with E-state index in [0.29, 0.717) is 51.1 Å². The van der Waals surface area contributed by atoms with Crippen molar-refractivity contribution in [2.24, 2.45) is 9.98 Å². The van der Waals surface area contributed by atoms with Gasteiger partial charge in [0.15, 0.2) is 17.3 Å². The van der Waals surface area contributed by atoms with Crippen molar-refractivity contribution in [1.82, 2.24) is 4.57 Å². The minimum atomic E-state index is -0.220. The molecule has 0 atom stereocenters. The number of aromatic hydroxyl groups is 1. The second-order valence-electron chi connectivity index (χ2n) is 8.48. The van der Waals surface area contributed by atoms with Crippen LogP contribution in [0, 0.1) is 6.92 Å². The molecule has 0 radical (unpaired) electrons. The van der Waals surface area contributed by atoms with Crippen molar-refractivity contribution in [3.63, 3.8) is 0 Å². The number of hydrogen-bond acceptors (Lipinski definition) is 8. The van der Waals surface area contributed by atoms with E-state index >= 15 is 0 Å². The van der Waals surface area contributed by atoms with Crippen LogP contribution in [0.3, 0.4) is 0 Å². The standard InChI is InChI=1S/C28H25N3O5S/c1-16-6-5-7-18(10-16)15-31-27(32)25(37-28(31)33)12-17-8-9-20-21(11-17)30-26(29-20)19-13-23(35-3)24(36-4)14-22(19)34-2/h5-14,32H,15H2,1-4H3/b17-12+. The first-order valence-corrected chi connectivity index (χ1v) is 12.3. The van der Waals surface area contributed by atoms with Gasteiger partial charge >= 0.3 is 4.87 Å². The maximum atomic E-state index is 12.6. The molecule has 0 unspecified atom stereocenters. The minimum Gasteiger partial charge on any atom is -0.496 e. The molecule has 0 amide bonds. The average molecular weight is 516 g/mol. The Hall–Kier alpha value is -4.37. The fourth-order valence-electron chi connectivity index (χ4n) is 4.18. The Morgan fingerprint density at radius 3 is 2.43 bits per heavy atom. The summed E-state index contributed by atoms with van der Waals surface area (Å²) in [6.45, 7) is 2.30. The lowest BCUT2D eigenvalue weighted by Gasteiger charge is -2.13. The summed E-state index contributed by atoms with van der Waals surface area (Å²) in [5, 5.41) is 12.3. The van der Waals surface area contributed by atoms with Gasteiger partial charge in [0.2, 0.25) is 5.88 Å². The number of ether oxygens (including phenoxy) is 3. The first kappa shape index (κ1) is 24.3. The Bertz CT molecular complexity index is 1720. The van der Waals surface area contributed by atoms with Crippen LogP contribution in [0.4, 0.5) is 5.69 Å². The molecule has 9 heteroatoms. The third-order valence-corrected chi connectivity index (χ3v) is 6.93. The SMILES string of the molecule is COc1cc(OC)c(C2=Nc3c/c(=C/c4sc(=O)n(Cc5cccc(C)c5)c4O)ccc3=N2)cc1OC. The summed E-state index contributed by atoms with van der Waals surface area (Å²) in [5.41, 5.74) is 3.40. The average Bonchev–Trinajstić information content (AvgIpc) is 3.43. The Balaban J connectivity index is 1.50. The highest BCUT2D eigenvalue weighted by Crippen LogP contribution is 2.36. The molecule has 0 aliphatic carbocycles. The van der Waals surface area contributed by atoms with Crippen LogP contribution in [0.15, 0.2) is 69.4 Å². The molecule has 188 valence electrons. The maximum Gasteiger partial charge on any atom is 0.310 e. The highest BCUT2D eigenvalue weighted by Gasteiger charge is 2.19. The molecular weight excluding hydrogens is 490 g/mol. The number of fused-ring (bicyclic) bond motifs is 1. The normalized spacial score (nSPS) is 12.6. The zero-order chi connectivity index (χ0) is 26.1. The van der Waals surface area contributed by atoms with Crippen LogP contribution >= 0.6 is 11.3 Å². The zero-order valence-electron chi connectivity index (χ0n) is 20.8. The lowest BCUT2D eigenvalue weighted by atomic mass is 10.1. The summed E-state index contributed by atoms with van der Waals surface area (Å²) in [7, 11) is 4.70. The quantitative estimate of drug-likeness (QED) is 0.406. The highest BCUT2D eigenvalue weighted by atomic mass is 32.1. The van der Waals surface area contributed by atoms with Crippen molar-refractivity contribution in [3.8, 4) is 23.1 Å². The van der Waals surface area contributed by atoms with Gasteiger partial charge in [-0.25, -0.2) is 9.98 Å². The van der Waals surface area contributed by atoms with Gasteiger partial charge in [0, 0.05) is 6.07 Å². The van der Waals surface area contributed by atoms with E-state index in [9.17, 15) is 9.90 Å². The van der Waals surface area contributed by atoms with E-state index in [0.717, 1.165) is 27.7 Å². The first-order valence-electron chi connectivity index (χ1n) is 11.5. The molecule has 4 aromatic rings. The van der Waals surface area contributed by atoms with Gasteiger partial charge in [-0.15, -0.1) is 0 Å². The summed E-state index contributed by atoms with van der Waals surface area (Å²) in [6.07, 6.45) is 1.78. The van der Waals surface area contributed by atoms with E-state index in [1.807, 2.05) is 49.4 Å². The van der Waals surface area contributed by atoms with E-state index < -0.39 is 0 Å². The third kappa shape index (κ3) is 4.73. The van der Waals surface area contributed by atoms with Gasteiger partial charge in [0.1, 0.15) is 5.75 Å². The van der Waals surface area contributed by atoms with Gasteiger partial charge in [-0.1, -0.05) is 47.2 Å². The summed E-state index contributed by atoms with van der Waals surface area (Å²) in [4.78, 5) is 22.2. The topological polar surface area (TPSA) is 94.6 Å². The van der Waals surface area contributed by atoms with Crippen molar-refractivity contribution in [2.75, 3.05) is 21.3 Å². The summed E-state index contributed by atoms with van der Waals surface area (Å²) in [5.74, 6) is 2.08. The fourth-order valence-corrected chi connectivity index (χ4v) is 5.03. The van der Waals surface area contributed by atoms with Crippen molar-refractivity contribution >= 4 is 28.9 Å². The minimum absolute atomic E-state index is 0.0547. The summed E-state index contributed by atoms with van der Waals surface area (Å²) in [6, 6.07) is 17.0. The molecule has 1 aliphatic rings. The Labute approximate surface area is 217 Å². The van der Waals surface area contributed by atoms with Gasteiger partial charge in [-0.2, -0.15) is 0 Å². The summed E-state index contributed by atoms with van der Waals surface area (Å²) >= 11 is 1.00. The molecule has 0 fully saturated rings. The molecule has 8 nitrogen and oxygen atoms in total. The van der Waals surface area contributed by atoms with E-state index in [-0.39, 0.29) is 10.8 Å². The maximum absolute atomic E-state index is 12.6. The second-order valence-corrected chi connectivity index (χ2v) is 9.47. The first-order chi connectivity index (χ1) is 17.9. The van der Waals surface area contributed by atoms with Crippen LogP contribution in [-0.4, -0.2) is 36.8 Å². The molecule has 37 heavy (non-hydrogen) atoms. The molecule has 0 saturated carbocycles. The molecule has 0 spiro atoms. The number of hydrogen-bond donors (Lipinski definition) is 1. The van der Waals surface area contributed by atoms with Gasteiger partial charge in [-0.05, 0) is 42.0 Å². The highest BCUT2D eigenvalue weighted by molar-refractivity contribution is 7.10. The largest absolute Gasteiger partial charge is 0.496 e. The Kier molecular flexibility index (Phi) is 6.54. The van der Waals surface area contributed by atoms with Crippen LogP contribution in [0.25, 0.3) is 6.08 Å². The smallest absolute Gasteiger partial charge is 0.310 e. The van der Waals surface area contributed by atoms with E-state index in [1.165, 1.54) is 4.57 Å².